The molecular formula is C7H10O3S. The van der Waals surface area contributed by atoms with E-state index < -0.39 is 9.84 Å². The van der Waals surface area contributed by atoms with Gasteiger partial charge in [-0.2, -0.15) is 0 Å². The summed E-state index contributed by atoms with van der Waals surface area (Å²) in [5.41, 5.74) is 0.715. The Labute approximate surface area is 65.9 Å². The summed E-state index contributed by atoms with van der Waals surface area (Å²) in [5.74, 6) is 0.262. The van der Waals surface area contributed by atoms with E-state index in [4.69, 9.17) is 4.42 Å². The zero-order valence-electron chi connectivity index (χ0n) is 6.28. The van der Waals surface area contributed by atoms with Crippen molar-refractivity contribution >= 4 is 9.84 Å². The van der Waals surface area contributed by atoms with Gasteiger partial charge in [0.15, 0.2) is 9.84 Å². The molecule has 0 N–H and O–H groups in total. The molecule has 62 valence electrons. The second kappa shape index (κ2) is 3.09. The first-order valence-electron chi connectivity index (χ1n) is 3.35. The van der Waals surface area contributed by atoms with Crippen LogP contribution in [0.4, 0.5) is 0 Å². The van der Waals surface area contributed by atoms with E-state index in [1.165, 1.54) is 12.5 Å². The fourth-order valence-electron chi connectivity index (χ4n) is 0.731. The molecule has 0 aliphatic carbocycles. The molecule has 0 spiro atoms. The largest absolute Gasteiger partial charge is 0.472 e. The van der Waals surface area contributed by atoms with Crippen molar-refractivity contribution in [1.82, 2.24) is 0 Å². The van der Waals surface area contributed by atoms with Crippen LogP contribution in [0.25, 0.3) is 0 Å². The summed E-state index contributed by atoms with van der Waals surface area (Å²) < 4.78 is 26.8. The van der Waals surface area contributed by atoms with E-state index in [1.54, 1.807) is 13.0 Å². The van der Waals surface area contributed by atoms with Gasteiger partial charge >= 0.3 is 0 Å². The Morgan fingerprint density at radius 2 is 2.27 bits per heavy atom. The van der Waals surface area contributed by atoms with Crippen LogP contribution in [-0.4, -0.2) is 14.2 Å². The Bertz CT molecular complexity index is 296. The van der Waals surface area contributed by atoms with Crippen LogP contribution in [0.2, 0.25) is 0 Å². The molecule has 3 nitrogen and oxygen atoms in total. The van der Waals surface area contributed by atoms with Crippen LogP contribution in [0.3, 0.4) is 0 Å². The third-order valence-electron chi connectivity index (χ3n) is 1.41. The highest BCUT2D eigenvalue weighted by atomic mass is 32.2. The van der Waals surface area contributed by atoms with E-state index >= 15 is 0 Å². The molecule has 0 aliphatic rings. The van der Waals surface area contributed by atoms with Gasteiger partial charge in [0, 0.05) is 11.3 Å². The molecule has 11 heavy (non-hydrogen) atoms. The average molecular weight is 174 g/mol. The number of sulfone groups is 1. The monoisotopic (exact) mass is 174 g/mol. The van der Waals surface area contributed by atoms with E-state index in [-0.39, 0.29) is 11.5 Å². The van der Waals surface area contributed by atoms with Crippen molar-refractivity contribution in [2.24, 2.45) is 0 Å². The predicted molar refractivity (Wildman–Crippen MR) is 41.9 cm³/mol. The van der Waals surface area contributed by atoms with E-state index in [2.05, 4.69) is 0 Å². The van der Waals surface area contributed by atoms with Crippen LogP contribution in [0, 0.1) is 0 Å². The fraction of sp³-hybridized carbons (Fsp3) is 0.429. The van der Waals surface area contributed by atoms with Crippen LogP contribution in [0.5, 0.6) is 0 Å². The van der Waals surface area contributed by atoms with Crippen LogP contribution in [-0.2, 0) is 15.6 Å². The fourth-order valence-corrected chi connectivity index (χ4v) is 1.61. The van der Waals surface area contributed by atoms with E-state index in [0.717, 1.165) is 0 Å². The normalized spacial score (nSPS) is 11.7. The summed E-state index contributed by atoms with van der Waals surface area (Å²) in [5, 5.41) is 0. The molecule has 0 unspecified atom stereocenters. The van der Waals surface area contributed by atoms with Crippen LogP contribution >= 0.6 is 0 Å². The first-order valence-corrected chi connectivity index (χ1v) is 5.17. The van der Waals surface area contributed by atoms with Crippen molar-refractivity contribution in [1.29, 1.82) is 0 Å². The minimum absolute atomic E-state index is 0.0833. The quantitative estimate of drug-likeness (QED) is 0.692. The Kier molecular flexibility index (Phi) is 2.34. The van der Waals surface area contributed by atoms with Crippen molar-refractivity contribution < 1.29 is 12.8 Å². The Balaban J connectivity index is 2.72. The van der Waals surface area contributed by atoms with Gasteiger partial charge in [0.05, 0.1) is 18.3 Å². The van der Waals surface area contributed by atoms with Crippen molar-refractivity contribution in [3.05, 3.63) is 24.2 Å². The summed E-state index contributed by atoms with van der Waals surface area (Å²) in [6.07, 6.45) is 2.92. The van der Waals surface area contributed by atoms with E-state index in [0.29, 0.717) is 5.56 Å². The van der Waals surface area contributed by atoms with Gasteiger partial charge in [-0.05, 0) is 6.07 Å². The third-order valence-corrected chi connectivity index (χ3v) is 3.06. The molecule has 4 heteroatoms. The van der Waals surface area contributed by atoms with Gasteiger partial charge in [0.1, 0.15) is 0 Å². The Morgan fingerprint density at radius 1 is 1.55 bits per heavy atom. The summed E-state index contributed by atoms with van der Waals surface area (Å²) in [4.78, 5) is 0. The lowest BCUT2D eigenvalue weighted by Gasteiger charge is -1.95. The number of rotatable bonds is 3. The van der Waals surface area contributed by atoms with Gasteiger partial charge in [0.2, 0.25) is 0 Å². The highest BCUT2D eigenvalue weighted by Gasteiger charge is 2.08. The molecule has 0 saturated heterocycles. The molecular weight excluding hydrogens is 164 g/mol. The SMILES string of the molecule is CCS(=O)(=O)Cc1ccoc1. The number of hydrogen-bond acceptors (Lipinski definition) is 3. The maximum absolute atomic E-state index is 11.0. The molecule has 0 saturated carbocycles. The maximum atomic E-state index is 11.0. The lowest BCUT2D eigenvalue weighted by atomic mass is 10.4. The van der Waals surface area contributed by atoms with Crippen LogP contribution < -0.4 is 0 Å². The minimum atomic E-state index is -2.90. The summed E-state index contributed by atoms with van der Waals surface area (Å²) in [6, 6.07) is 1.66. The molecule has 0 aromatic carbocycles. The van der Waals surface area contributed by atoms with Crippen molar-refractivity contribution in [2.45, 2.75) is 12.7 Å². The summed E-state index contributed by atoms with van der Waals surface area (Å²) >= 11 is 0. The molecule has 1 heterocycles. The zero-order chi connectivity index (χ0) is 8.32. The number of furan rings is 1. The standard InChI is InChI=1S/C7H10O3S/c1-2-11(8,9)6-7-3-4-10-5-7/h3-5H,2,6H2,1H3. The summed E-state index contributed by atoms with van der Waals surface area (Å²) in [7, 11) is -2.90. The van der Waals surface area contributed by atoms with Crippen LogP contribution in [0.15, 0.2) is 23.0 Å². The van der Waals surface area contributed by atoms with E-state index in [9.17, 15) is 8.42 Å². The van der Waals surface area contributed by atoms with Gasteiger partial charge in [-0.15, -0.1) is 0 Å². The topological polar surface area (TPSA) is 47.3 Å². The number of hydrogen-bond donors (Lipinski definition) is 0. The zero-order valence-corrected chi connectivity index (χ0v) is 7.10. The maximum Gasteiger partial charge on any atom is 0.154 e. The van der Waals surface area contributed by atoms with Crippen molar-refractivity contribution in [2.75, 3.05) is 5.75 Å². The highest BCUT2D eigenvalue weighted by molar-refractivity contribution is 7.90. The van der Waals surface area contributed by atoms with Gasteiger partial charge < -0.3 is 4.42 Å². The van der Waals surface area contributed by atoms with Crippen LogP contribution in [0.1, 0.15) is 12.5 Å². The first kappa shape index (κ1) is 8.33. The average Bonchev–Trinajstić information content (AvgIpc) is 2.39. The molecule has 0 fully saturated rings. The minimum Gasteiger partial charge on any atom is -0.472 e. The molecule has 1 aromatic heterocycles. The Morgan fingerprint density at radius 3 is 2.73 bits per heavy atom. The Hall–Kier alpha value is -0.770. The predicted octanol–water partition coefficient (Wildman–Crippen LogP) is 1.21. The van der Waals surface area contributed by atoms with E-state index in [1.807, 2.05) is 0 Å². The molecule has 1 rings (SSSR count). The third kappa shape index (κ3) is 2.38. The molecule has 0 atom stereocenters. The van der Waals surface area contributed by atoms with Crippen molar-refractivity contribution in [3.63, 3.8) is 0 Å². The second-order valence-corrected chi connectivity index (χ2v) is 4.66. The van der Waals surface area contributed by atoms with Gasteiger partial charge in [0.25, 0.3) is 0 Å². The van der Waals surface area contributed by atoms with Gasteiger partial charge in [-0.3, -0.25) is 0 Å². The first-order chi connectivity index (χ1) is 5.14. The molecule has 1 aromatic rings. The highest BCUT2D eigenvalue weighted by Crippen LogP contribution is 2.06. The molecule has 0 radical (unpaired) electrons. The summed E-state index contributed by atoms with van der Waals surface area (Å²) in [6.45, 7) is 1.63. The second-order valence-electron chi connectivity index (χ2n) is 2.31. The molecule has 0 amide bonds. The lowest BCUT2D eigenvalue weighted by molar-refractivity contribution is 0.563. The van der Waals surface area contributed by atoms with Gasteiger partial charge in [-0.25, -0.2) is 8.42 Å². The smallest absolute Gasteiger partial charge is 0.154 e. The molecule has 0 aliphatic heterocycles. The van der Waals surface area contributed by atoms with Gasteiger partial charge in [-0.1, -0.05) is 6.92 Å². The van der Waals surface area contributed by atoms with Crippen molar-refractivity contribution in [3.8, 4) is 0 Å². The lowest BCUT2D eigenvalue weighted by Crippen LogP contribution is -2.05. The molecule has 0 bridgehead atoms.